The van der Waals surface area contributed by atoms with Crippen LogP contribution in [-0.2, 0) is 13.6 Å². The highest BCUT2D eigenvalue weighted by molar-refractivity contribution is 9.10. The Morgan fingerprint density at radius 3 is 2.83 bits per heavy atom. The zero-order chi connectivity index (χ0) is 13.1. The summed E-state index contributed by atoms with van der Waals surface area (Å²) in [5.74, 6) is 0. The Morgan fingerprint density at radius 2 is 2.22 bits per heavy atom. The molecule has 0 bridgehead atoms. The normalized spacial score (nSPS) is 12.7. The molecule has 1 aromatic carbocycles. The van der Waals surface area contributed by atoms with Gasteiger partial charge in [0.15, 0.2) is 0 Å². The van der Waals surface area contributed by atoms with Crippen LogP contribution in [0, 0.1) is 6.92 Å². The average Bonchev–Trinajstić information content (AvgIpc) is 2.65. The Hall–Kier alpha value is -1.13. The van der Waals surface area contributed by atoms with Gasteiger partial charge in [-0.1, -0.05) is 28.1 Å². The fourth-order valence-electron chi connectivity index (χ4n) is 1.98. The number of benzene rings is 1. The highest BCUT2D eigenvalue weighted by atomic mass is 79.9. The molecule has 1 atom stereocenters. The van der Waals surface area contributed by atoms with Crippen molar-refractivity contribution in [1.82, 2.24) is 15.1 Å². The van der Waals surface area contributed by atoms with Crippen molar-refractivity contribution in [1.29, 1.82) is 0 Å². The second-order valence-electron chi connectivity index (χ2n) is 4.57. The smallest absolute Gasteiger partial charge is 0.0638 e. The largest absolute Gasteiger partial charge is 0.306 e. The van der Waals surface area contributed by atoms with Crippen LogP contribution in [0.4, 0.5) is 0 Å². The SMILES string of the molecule is Cc1nn(C)cc1CN[C@@H](C)c1cccc(Br)c1. The lowest BCUT2D eigenvalue weighted by Crippen LogP contribution is -2.18. The minimum atomic E-state index is 0.321. The first-order valence-corrected chi connectivity index (χ1v) is 6.83. The van der Waals surface area contributed by atoms with E-state index in [1.165, 1.54) is 11.1 Å². The van der Waals surface area contributed by atoms with Crippen molar-refractivity contribution in [3.8, 4) is 0 Å². The van der Waals surface area contributed by atoms with Gasteiger partial charge in [0.2, 0.25) is 0 Å². The fraction of sp³-hybridized carbons (Fsp3) is 0.357. The van der Waals surface area contributed by atoms with Crippen molar-refractivity contribution in [2.75, 3.05) is 0 Å². The molecule has 2 rings (SSSR count). The molecular formula is C14H18BrN3. The second-order valence-corrected chi connectivity index (χ2v) is 5.49. The maximum atomic E-state index is 4.35. The van der Waals surface area contributed by atoms with Crippen LogP contribution in [0.3, 0.4) is 0 Å². The zero-order valence-electron chi connectivity index (χ0n) is 10.9. The van der Waals surface area contributed by atoms with Gasteiger partial charge in [-0.05, 0) is 31.5 Å². The molecule has 18 heavy (non-hydrogen) atoms. The van der Waals surface area contributed by atoms with E-state index >= 15 is 0 Å². The molecule has 96 valence electrons. The van der Waals surface area contributed by atoms with Crippen molar-refractivity contribution in [3.63, 3.8) is 0 Å². The highest BCUT2D eigenvalue weighted by Crippen LogP contribution is 2.18. The van der Waals surface area contributed by atoms with E-state index in [9.17, 15) is 0 Å². The lowest BCUT2D eigenvalue weighted by atomic mass is 10.1. The number of hydrogen-bond donors (Lipinski definition) is 1. The number of rotatable bonds is 4. The monoisotopic (exact) mass is 307 g/mol. The molecule has 2 aromatic rings. The Bertz CT molecular complexity index is 534. The van der Waals surface area contributed by atoms with Crippen LogP contribution in [0.15, 0.2) is 34.9 Å². The first kappa shape index (κ1) is 13.3. The summed E-state index contributed by atoms with van der Waals surface area (Å²) in [6, 6.07) is 8.71. The van der Waals surface area contributed by atoms with Gasteiger partial charge in [0.25, 0.3) is 0 Å². The molecular weight excluding hydrogens is 290 g/mol. The highest BCUT2D eigenvalue weighted by Gasteiger charge is 2.07. The molecule has 0 fully saturated rings. The molecule has 0 spiro atoms. The molecule has 0 saturated carbocycles. The Labute approximate surface area is 116 Å². The van der Waals surface area contributed by atoms with E-state index in [4.69, 9.17) is 0 Å². The lowest BCUT2D eigenvalue weighted by molar-refractivity contribution is 0.573. The van der Waals surface area contributed by atoms with E-state index in [2.05, 4.69) is 57.7 Å². The molecule has 0 aliphatic rings. The van der Waals surface area contributed by atoms with Crippen LogP contribution in [0.2, 0.25) is 0 Å². The third-order valence-corrected chi connectivity index (χ3v) is 3.56. The van der Waals surface area contributed by atoms with Crippen molar-refractivity contribution in [3.05, 3.63) is 51.8 Å². The molecule has 1 N–H and O–H groups in total. The maximum Gasteiger partial charge on any atom is 0.0638 e. The number of hydrogen-bond acceptors (Lipinski definition) is 2. The first-order valence-electron chi connectivity index (χ1n) is 6.04. The quantitative estimate of drug-likeness (QED) is 0.939. The van der Waals surface area contributed by atoms with Crippen LogP contribution >= 0.6 is 15.9 Å². The van der Waals surface area contributed by atoms with E-state index in [1.54, 1.807) is 0 Å². The van der Waals surface area contributed by atoms with Crippen LogP contribution in [0.1, 0.15) is 29.8 Å². The van der Waals surface area contributed by atoms with Gasteiger partial charge in [-0.15, -0.1) is 0 Å². The standard InChI is InChI=1S/C14H18BrN3/c1-10(12-5-4-6-14(15)7-12)16-8-13-9-18(3)17-11(13)2/h4-7,9-10,16H,8H2,1-3H3/t10-/m0/s1. The number of aromatic nitrogens is 2. The summed E-state index contributed by atoms with van der Waals surface area (Å²) in [6.07, 6.45) is 2.07. The van der Waals surface area contributed by atoms with Gasteiger partial charge in [-0.25, -0.2) is 0 Å². The lowest BCUT2D eigenvalue weighted by Gasteiger charge is -2.14. The molecule has 0 aliphatic heterocycles. The van der Waals surface area contributed by atoms with Crippen LogP contribution in [-0.4, -0.2) is 9.78 Å². The minimum Gasteiger partial charge on any atom is -0.306 e. The topological polar surface area (TPSA) is 29.9 Å². The molecule has 0 radical (unpaired) electrons. The van der Waals surface area contributed by atoms with Gasteiger partial charge in [-0.3, -0.25) is 4.68 Å². The van der Waals surface area contributed by atoms with Crippen molar-refractivity contribution in [2.45, 2.75) is 26.4 Å². The molecule has 0 unspecified atom stereocenters. The van der Waals surface area contributed by atoms with Gasteiger partial charge in [0.05, 0.1) is 5.69 Å². The van der Waals surface area contributed by atoms with Gasteiger partial charge in [0, 0.05) is 35.9 Å². The van der Waals surface area contributed by atoms with Gasteiger partial charge >= 0.3 is 0 Å². The van der Waals surface area contributed by atoms with Crippen LogP contribution < -0.4 is 5.32 Å². The number of nitrogens with zero attached hydrogens (tertiary/aromatic N) is 2. The Morgan fingerprint density at radius 1 is 1.44 bits per heavy atom. The number of aryl methyl sites for hydroxylation is 2. The molecule has 1 heterocycles. The summed E-state index contributed by atoms with van der Waals surface area (Å²) in [5, 5.41) is 7.87. The van der Waals surface area contributed by atoms with Crippen LogP contribution in [0.5, 0.6) is 0 Å². The molecule has 4 heteroatoms. The average molecular weight is 308 g/mol. The van der Waals surface area contributed by atoms with Gasteiger partial charge in [0.1, 0.15) is 0 Å². The molecule has 0 saturated heterocycles. The van der Waals surface area contributed by atoms with E-state index < -0.39 is 0 Å². The maximum absolute atomic E-state index is 4.35. The molecule has 0 amide bonds. The van der Waals surface area contributed by atoms with E-state index in [0.717, 1.165) is 16.7 Å². The summed E-state index contributed by atoms with van der Waals surface area (Å²) in [6.45, 7) is 5.06. The summed E-state index contributed by atoms with van der Waals surface area (Å²) in [5.41, 5.74) is 3.62. The van der Waals surface area contributed by atoms with Gasteiger partial charge < -0.3 is 5.32 Å². The van der Waals surface area contributed by atoms with Crippen molar-refractivity contribution < 1.29 is 0 Å². The van der Waals surface area contributed by atoms with Crippen molar-refractivity contribution >= 4 is 15.9 Å². The summed E-state index contributed by atoms with van der Waals surface area (Å²) in [4.78, 5) is 0. The third-order valence-electron chi connectivity index (χ3n) is 3.06. The number of halogens is 1. The first-order chi connectivity index (χ1) is 8.56. The summed E-state index contributed by atoms with van der Waals surface area (Å²) < 4.78 is 2.97. The van der Waals surface area contributed by atoms with E-state index in [0.29, 0.717) is 6.04 Å². The van der Waals surface area contributed by atoms with Gasteiger partial charge in [-0.2, -0.15) is 5.10 Å². The Kier molecular flexibility index (Phi) is 4.19. The molecule has 3 nitrogen and oxygen atoms in total. The molecule has 0 aliphatic carbocycles. The molecule has 1 aromatic heterocycles. The second kappa shape index (κ2) is 5.67. The summed E-state index contributed by atoms with van der Waals surface area (Å²) in [7, 11) is 1.95. The van der Waals surface area contributed by atoms with Crippen LogP contribution in [0.25, 0.3) is 0 Å². The van der Waals surface area contributed by atoms with E-state index in [1.807, 2.05) is 24.7 Å². The summed E-state index contributed by atoms with van der Waals surface area (Å²) >= 11 is 3.50. The third kappa shape index (κ3) is 3.21. The van der Waals surface area contributed by atoms with E-state index in [-0.39, 0.29) is 0 Å². The fourth-order valence-corrected chi connectivity index (χ4v) is 2.40. The zero-order valence-corrected chi connectivity index (χ0v) is 12.5. The van der Waals surface area contributed by atoms with Crippen molar-refractivity contribution in [2.24, 2.45) is 7.05 Å². The Balaban J connectivity index is 2.00. The predicted octanol–water partition coefficient (Wildman–Crippen LogP) is 3.34. The number of nitrogens with one attached hydrogen (secondary N) is 1. The minimum absolute atomic E-state index is 0.321. The predicted molar refractivity (Wildman–Crippen MR) is 77.3 cm³/mol.